The van der Waals surface area contributed by atoms with E-state index in [9.17, 15) is 10.1 Å². The average molecular weight is 349 g/mol. The van der Waals surface area contributed by atoms with Crippen LogP contribution in [0.3, 0.4) is 0 Å². The monoisotopic (exact) mass is 348 g/mol. The maximum atomic E-state index is 12.6. The van der Waals surface area contributed by atoms with Crippen molar-refractivity contribution in [2.75, 3.05) is 0 Å². The lowest BCUT2D eigenvalue weighted by Crippen LogP contribution is -2.29. The molecule has 0 fully saturated rings. The van der Waals surface area contributed by atoms with Crippen molar-refractivity contribution < 1.29 is 9.53 Å². The summed E-state index contributed by atoms with van der Waals surface area (Å²) in [5, 5.41) is 10.4. The molecule has 1 aromatic carbocycles. The molecule has 2 N–H and O–H groups in total. The SMILES string of the molecule is C[C@@H]1CC(=O)C2=C(C1)OC(N)=C(C#N)[C@@H]2c1ccc(Cl)cc1Cl. The normalized spacial score (nSPS) is 24.2. The molecule has 1 aliphatic carbocycles. The molecule has 0 aromatic heterocycles. The van der Waals surface area contributed by atoms with Gasteiger partial charge in [0, 0.05) is 28.5 Å². The maximum absolute atomic E-state index is 12.6. The fraction of sp³-hybridized carbons (Fsp3) is 0.294. The third-order valence-corrected chi connectivity index (χ3v) is 4.70. The second-order valence-corrected chi connectivity index (χ2v) is 6.71. The van der Waals surface area contributed by atoms with Gasteiger partial charge in [0.05, 0.1) is 5.92 Å². The topological polar surface area (TPSA) is 76.1 Å². The van der Waals surface area contributed by atoms with Crippen molar-refractivity contribution in [3.8, 4) is 6.07 Å². The van der Waals surface area contributed by atoms with Gasteiger partial charge < -0.3 is 10.5 Å². The summed E-state index contributed by atoms with van der Waals surface area (Å²) in [6.45, 7) is 1.98. The molecule has 23 heavy (non-hydrogen) atoms. The van der Waals surface area contributed by atoms with Crippen LogP contribution < -0.4 is 5.73 Å². The second kappa shape index (κ2) is 5.92. The smallest absolute Gasteiger partial charge is 0.205 e. The zero-order chi connectivity index (χ0) is 16.7. The third kappa shape index (κ3) is 2.71. The van der Waals surface area contributed by atoms with Gasteiger partial charge in [-0.05, 0) is 23.6 Å². The number of benzene rings is 1. The first-order chi connectivity index (χ1) is 10.9. The number of nitrogens with zero attached hydrogens (tertiary/aromatic N) is 1. The first kappa shape index (κ1) is 15.9. The number of ketones is 1. The van der Waals surface area contributed by atoms with Crippen LogP contribution in [0.25, 0.3) is 0 Å². The fourth-order valence-corrected chi connectivity index (χ4v) is 3.66. The first-order valence-electron chi connectivity index (χ1n) is 7.21. The summed E-state index contributed by atoms with van der Waals surface area (Å²) in [5.41, 5.74) is 7.24. The van der Waals surface area contributed by atoms with E-state index in [1.165, 1.54) is 0 Å². The van der Waals surface area contributed by atoms with Gasteiger partial charge in [-0.3, -0.25) is 4.79 Å². The number of rotatable bonds is 1. The number of Topliss-reactive ketones (excluding diaryl/α,β-unsaturated/α-hetero) is 1. The number of hydrogen-bond donors (Lipinski definition) is 1. The van der Waals surface area contributed by atoms with E-state index < -0.39 is 5.92 Å². The molecule has 0 amide bonds. The van der Waals surface area contributed by atoms with Gasteiger partial charge in [0.1, 0.15) is 17.4 Å². The Morgan fingerprint density at radius 1 is 1.35 bits per heavy atom. The zero-order valence-electron chi connectivity index (χ0n) is 12.4. The number of ether oxygens (including phenoxy) is 1. The molecule has 1 heterocycles. The van der Waals surface area contributed by atoms with Crippen LogP contribution in [0.2, 0.25) is 10.0 Å². The molecule has 1 aromatic rings. The highest BCUT2D eigenvalue weighted by Crippen LogP contribution is 2.46. The van der Waals surface area contributed by atoms with Crippen molar-refractivity contribution >= 4 is 29.0 Å². The van der Waals surface area contributed by atoms with Crippen LogP contribution in [0.5, 0.6) is 0 Å². The number of carbonyl (C=O) groups excluding carboxylic acids is 1. The largest absolute Gasteiger partial charge is 0.444 e. The van der Waals surface area contributed by atoms with Crippen molar-refractivity contribution in [1.82, 2.24) is 0 Å². The van der Waals surface area contributed by atoms with Gasteiger partial charge in [-0.2, -0.15) is 5.26 Å². The summed E-state index contributed by atoms with van der Waals surface area (Å²) in [4.78, 5) is 12.6. The Balaban J connectivity index is 2.22. The maximum Gasteiger partial charge on any atom is 0.205 e. The van der Waals surface area contributed by atoms with Gasteiger partial charge in [-0.25, -0.2) is 0 Å². The lowest BCUT2D eigenvalue weighted by molar-refractivity contribution is -0.117. The molecule has 0 unspecified atom stereocenters. The minimum Gasteiger partial charge on any atom is -0.444 e. The quantitative estimate of drug-likeness (QED) is 0.830. The molecule has 0 saturated carbocycles. The van der Waals surface area contributed by atoms with Crippen LogP contribution in [-0.2, 0) is 9.53 Å². The van der Waals surface area contributed by atoms with E-state index in [1.807, 2.05) is 6.92 Å². The van der Waals surface area contributed by atoms with Crippen LogP contribution in [-0.4, -0.2) is 5.78 Å². The highest BCUT2D eigenvalue weighted by Gasteiger charge is 2.40. The lowest BCUT2D eigenvalue weighted by Gasteiger charge is -2.33. The molecule has 0 saturated heterocycles. The number of halogens is 2. The molecule has 0 bridgehead atoms. The number of hydrogen-bond acceptors (Lipinski definition) is 4. The Morgan fingerprint density at radius 2 is 2.09 bits per heavy atom. The summed E-state index contributed by atoms with van der Waals surface area (Å²) in [7, 11) is 0. The van der Waals surface area contributed by atoms with E-state index in [4.69, 9.17) is 33.7 Å². The number of nitriles is 1. The summed E-state index contributed by atoms with van der Waals surface area (Å²) < 4.78 is 5.57. The molecule has 6 heteroatoms. The van der Waals surface area contributed by atoms with Gasteiger partial charge in [-0.1, -0.05) is 36.2 Å². The molecular formula is C17H14Cl2N2O2. The molecule has 118 valence electrons. The summed E-state index contributed by atoms with van der Waals surface area (Å²) in [5.74, 6) is 0.119. The highest BCUT2D eigenvalue weighted by atomic mass is 35.5. The fourth-order valence-electron chi connectivity index (χ4n) is 3.14. The Kier molecular flexibility index (Phi) is 4.09. The molecule has 0 radical (unpaired) electrons. The van der Waals surface area contributed by atoms with Crippen LogP contribution in [0, 0.1) is 17.2 Å². The van der Waals surface area contributed by atoms with E-state index >= 15 is 0 Å². The molecule has 2 atom stereocenters. The van der Waals surface area contributed by atoms with Gasteiger partial charge in [-0.15, -0.1) is 0 Å². The van der Waals surface area contributed by atoms with E-state index in [-0.39, 0.29) is 23.2 Å². The van der Waals surface area contributed by atoms with Gasteiger partial charge >= 0.3 is 0 Å². The van der Waals surface area contributed by atoms with Crippen molar-refractivity contribution in [2.24, 2.45) is 11.7 Å². The van der Waals surface area contributed by atoms with Gasteiger partial charge in [0.2, 0.25) is 5.88 Å². The molecular weight excluding hydrogens is 335 g/mol. The van der Waals surface area contributed by atoms with Crippen LogP contribution in [0.1, 0.15) is 31.2 Å². The Hall–Kier alpha value is -1.96. The summed E-state index contributed by atoms with van der Waals surface area (Å²) >= 11 is 12.3. The van der Waals surface area contributed by atoms with Crippen molar-refractivity contribution in [3.05, 3.63) is 56.6 Å². The van der Waals surface area contributed by atoms with Gasteiger partial charge in [0.15, 0.2) is 5.78 Å². The lowest BCUT2D eigenvalue weighted by atomic mass is 9.75. The van der Waals surface area contributed by atoms with Crippen LogP contribution in [0.4, 0.5) is 0 Å². The van der Waals surface area contributed by atoms with Crippen LogP contribution >= 0.6 is 23.2 Å². The van der Waals surface area contributed by atoms with Crippen molar-refractivity contribution in [1.29, 1.82) is 5.26 Å². The summed E-state index contributed by atoms with van der Waals surface area (Å²) in [6, 6.07) is 7.06. The van der Waals surface area contributed by atoms with E-state index in [2.05, 4.69) is 6.07 Å². The minimum atomic E-state index is -0.603. The summed E-state index contributed by atoms with van der Waals surface area (Å²) in [6.07, 6.45) is 1.03. The number of allylic oxidation sites excluding steroid dienone is 3. The van der Waals surface area contributed by atoms with E-state index in [0.717, 1.165) is 0 Å². The predicted octanol–water partition coefficient (Wildman–Crippen LogP) is 4.05. The van der Waals surface area contributed by atoms with E-state index in [0.29, 0.717) is 39.8 Å². The van der Waals surface area contributed by atoms with Gasteiger partial charge in [0.25, 0.3) is 0 Å². The van der Waals surface area contributed by atoms with Crippen molar-refractivity contribution in [3.63, 3.8) is 0 Å². The molecule has 3 rings (SSSR count). The predicted molar refractivity (Wildman–Crippen MR) is 87.5 cm³/mol. The Bertz CT molecular complexity index is 805. The second-order valence-electron chi connectivity index (χ2n) is 5.86. The van der Waals surface area contributed by atoms with Crippen molar-refractivity contribution in [2.45, 2.75) is 25.7 Å². The first-order valence-corrected chi connectivity index (χ1v) is 7.96. The molecule has 2 aliphatic rings. The minimum absolute atomic E-state index is 0.0316. The Labute approximate surface area is 144 Å². The molecule has 0 spiro atoms. The zero-order valence-corrected chi connectivity index (χ0v) is 13.9. The number of carbonyl (C=O) groups is 1. The van der Waals surface area contributed by atoms with E-state index in [1.54, 1.807) is 18.2 Å². The molecule has 1 aliphatic heterocycles. The highest BCUT2D eigenvalue weighted by molar-refractivity contribution is 6.35. The average Bonchev–Trinajstić information content (AvgIpc) is 2.45. The van der Waals surface area contributed by atoms with Crippen LogP contribution in [0.15, 0.2) is 41.0 Å². The third-order valence-electron chi connectivity index (χ3n) is 4.14. The molecule has 4 nitrogen and oxygen atoms in total. The Morgan fingerprint density at radius 3 is 2.74 bits per heavy atom. The standard InChI is InChI=1S/C17H14Cl2N2O2/c1-8-4-13(22)16-14(5-8)23-17(21)11(7-20)15(16)10-3-2-9(18)6-12(10)19/h2-3,6,8,15H,4-5,21H2,1H3/t8-,15+/m1/s1. The number of nitrogens with two attached hydrogens (primary N) is 1.